The number of nitrogens with two attached hydrogens (primary N) is 1. The molecule has 76 valence electrons. The Morgan fingerprint density at radius 3 is 2.80 bits per heavy atom. The minimum atomic E-state index is 0.818. The zero-order chi connectivity index (χ0) is 10.7. The number of aromatic nitrogens is 2. The minimum Gasteiger partial charge on any atom is -0.399 e. The molecule has 2 aromatic rings. The maximum atomic E-state index is 5.74. The third-order valence-corrected chi connectivity index (χ3v) is 2.91. The van der Waals surface area contributed by atoms with Crippen molar-refractivity contribution in [1.82, 2.24) is 9.97 Å². The molecule has 2 N–H and O–H groups in total. The first-order valence-electron chi connectivity index (χ1n) is 4.56. The average Bonchev–Trinajstić information content (AvgIpc) is 2.25. The summed E-state index contributed by atoms with van der Waals surface area (Å²) in [6.45, 7) is 2.00. The largest absolute Gasteiger partial charge is 0.399 e. The quantitative estimate of drug-likeness (QED) is 0.785. The number of hydrogen-bond donors (Lipinski definition) is 1. The smallest absolute Gasteiger partial charge is 0.119 e. The molecule has 2 rings (SSSR count). The molecule has 0 aliphatic heterocycles. The highest BCUT2D eigenvalue weighted by Gasteiger charge is 2.00. The van der Waals surface area contributed by atoms with Crippen LogP contribution in [-0.4, -0.2) is 9.97 Å². The summed E-state index contributed by atoms with van der Waals surface area (Å²) in [6, 6.07) is 5.95. The molecular weight excluding hydrogens is 206 g/mol. The SMILES string of the molecule is Cc1cc(Sc2cnccn2)ccc1N. The van der Waals surface area contributed by atoms with Crippen molar-refractivity contribution in [3.63, 3.8) is 0 Å². The highest BCUT2D eigenvalue weighted by atomic mass is 32.2. The van der Waals surface area contributed by atoms with Crippen molar-refractivity contribution in [3.05, 3.63) is 42.4 Å². The predicted molar refractivity (Wildman–Crippen MR) is 61.7 cm³/mol. The van der Waals surface area contributed by atoms with Gasteiger partial charge in [0, 0.05) is 23.0 Å². The van der Waals surface area contributed by atoms with Crippen LogP contribution in [0.4, 0.5) is 5.69 Å². The highest BCUT2D eigenvalue weighted by molar-refractivity contribution is 7.99. The van der Waals surface area contributed by atoms with Gasteiger partial charge in [0.25, 0.3) is 0 Å². The van der Waals surface area contributed by atoms with Crippen LogP contribution in [0.1, 0.15) is 5.56 Å². The normalized spacial score (nSPS) is 10.2. The number of hydrogen-bond acceptors (Lipinski definition) is 4. The van der Waals surface area contributed by atoms with E-state index < -0.39 is 0 Å². The fourth-order valence-corrected chi connectivity index (χ4v) is 2.01. The van der Waals surface area contributed by atoms with Gasteiger partial charge in [0.1, 0.15) is 5.03 Å². The lowest BCUT2D eigenvalue weighted by molar-refractivity contribution is 1.05. The number of benzene rings is 1. The van der Waals surface area contributed by atoms with Crippen LogP contribution in [0.2, 0.25) is 0 Å². The second kappa shape index (κ2) is 4.31. The van der Waals surface area contributed by atoms with Gasteiger partial charge in [-0.3, -0.25) is 4.98 Å². The van der Waals surface area contributed by atoms with Crippen LogP contribution in [0, 0.1) is 6.92 Å². The van der Waals surface area contributed by atoms with E-state index in [9.17, 15) is 0 Å². The fourth-order valence-electron chi connectivity index (χ4n) is 1.17. The lowest BCUT2D eigenvalue weighted by Gasteiger charge is -2.03. The maximum Gasteiger partial charge on any atom is 0.119 e. The van der Waals surface area contributed by atoms with Crippen molar-refractivity contribution in [1.29, 1.82) is 0 Å². The molecule has 1 aromatic carbocycles. The molecule has 0 unspecified atom stereocenters. The van der Waals surface area contributed by atoms with E-state index in [2.05, 4.69) is 16.0 Å². The van der Waals surface area contributed by atoms with Gasteiger partial charge < -0.3 is 5.73 Å². The van der Waals surface area contributed by atoms with Gasteiger partial charge in [-0.25, -0.2) is 4.98 Å². The van der Waals surface area contributed by atoms with Crippen LogP contribution in [0.15, 0.2) is 46.7 Å². The Morgan fingerprint density at radius 2 is 2.13 bits per heavy atom. The third-order valence-electron chi connectivity index (χ3n) is 2.00. The van der Waals surface area contributed by atoms with E-state index in [1.165, 1.54) is 0 Å². The molecule has 0 radical (unpaired) electrons. The number of rotatable bonds is 2. The van der Waals surface area contributed by atoms with Crippen LogP contribution >= 0.6 is 11.8 Å². The summed E-state index contributed by atoms with van der Waals surface area (Å²) in [4.78, 5) is 9.34. The Hall–Kier alpha value is -1.55. The van der Waals surface area contributed by atoms with E-state index in [1.54, 1.807) is 30.4 Å². The second-order valence-electron chi connectivity index (χ2n) is 3.16. The molecule has 4 heteroatoms. The predicted octanol–water partition coefficient (Wildman–Crippen LogP) is 2.52. The van der Waals surface area contributed by atoms with Crippen LogP contribution in [0.25, 0.3) is 0 Å². The van der Waals surface area contributed by atoms with Gasteiger partial charge >= 0.3 is 0 Å². The van der Waals surface area contributed by atoms with Crippen LogP contribution < -0.4 is 5.73 Å². The molecule has 0 saturated carbocycles. The zero-order valence-electron chi connectivity index (χ0n) is 8.34. The Bertz CT molecular complexity index is 457. The molecule has 0 amide bonds. The van der Waals surface area contributed by atoms with Gasteiger partial charge in [0.15, 0.2) is 0 Å². The van der Waals surface area contributed by atoms with Crippen LogP contribution in [0.3, 0.4) is 0 Å². The van der Waals surface area contributed by atoms with Gasteiger partial charge in [-0.1, -0.05) is 11.8 Å². The monoisotopic (exact) mass is 217 g/mol. The summed E-state index contributed by atoms with van der Waals surface area (Å²) in [5, 5.41) is 0.890. The van der Waals surface area contributed by atoms with E-state index in [1.807, 2.05) is 19.1 Å². The molecular formula is C11H11N3S. The number of aryl methyl sites for hydroxylation is 1. The van der Waals surface area contributed by atoms with E-state index in [4.69, 9.17) is 5.73 Å². The van der Waals surface area contributed by atoms with Crippen molar-refractivity contribution in [3.8, 4) is 0 Å². The highest BCUT2D eigenvalue weighted by Crippen LogP contribution is 2.27. The lowest BCUT2D eigenvalue weighted by atomic mass is 10.2. The van der Waals surface area contributed by atoms with E-state index >= 15 is 0 Å². The fraction of sp³-hybridized carbons (Fsp3) is 0.0909. The molecule has 3 nitrogen and oxygen atoms in total. The summed E-state index contributed by atoms with van der Waals surface area (Å²) in [7, 11) is 0. The molecule has 0 spiro atoms. The molecule has 0 aliphatic carbocycles. The topological polar surface area (TPSA) is 51.8 Å². The number of nitrogens with zero attached hydrogens (tertiary/aromatic N) is 2. The average molecular weight is 217 g/mol. The number of anilines is 1. The molecule has 0 bridgehead atoms. The molecule has 1 aromatic heterocycles. The van der Waals surface area contributed by atoms with Crippen molar-refractivity contribution >= 4 is 17.4 Å². The molecule has 0 atom stereocenters. The minimum absolute atomic E-state index is 0.818. The van der Waals surface area contributed by atoms with Gasteiger partial charge in [0.2, 0.25) is 0 Å². The second-order valence-corrected chi connectivity index (χ2v) is 4.26. The lowest BCUT2D eigenvalue weighted by Crippen LogP contribution is -1.89. The van der Waals surface area contributed by atoms with E-state index in [-0.39, 0.29) is 0 Å². The molecule has 15 heavy (non-hydrogen) atoms. The van der Waals surface area contributed by atoms with Crippen molar-refractivity contribution in [2.75, 3.05) is 5.73 Å². The molecule has 0 saturated heterocycles. The number of nitrogen functional groups attached to an aromatic ring is 1. The summed E-state index contributed by atoms with van der Waals surface area (Å²) in [6.07, 6.45) is 5.10. The van der Waals surface area contributed by atoms with E-state index in [0.29, 0.717) is 0 Å². The molecule has 0 fully saturated rings. The Labute approximate surface area is 92.8 Å². The van der Waals surface area contributed by atoms with Crippen LogP contribution in [-0.2, 0) is 0 Å². The van der Waals surface area contributed by atoms with E-state index in [0.717, 1.165) is 21.2 Å². The molecule has 0 aliphatic rings. The van der Waals surface area contributed by atoms with Gasteiger partial charge in [-0.15, -0.1) is 0 Å². The summed E-state index contributed by atoms with van der Waals surface area (Å²) in [5.74, 6) is 0. The summed E-state index contributed by atoms with van der Waals surface area (Å²) < 4.78 is 0. The van der Waals surface area contributed by atoms with Crippen LogP contribution in [0.5, 0.6) is 0 Å². The Kier molecular flexibility index (Phi) is 2.87. The Morgan fingerprint density at radius 1 is 1.27 bits per heavy atom. The standard InChI is InChI=1S/C11H11N3S/c1-8-6-9(2-3-10(8)12)15-11-7-13-4-5-14-11/h2-7H,12H2,1H3. The van der Waals surface area contributed by atoms with Crippen molar-refractivity contribution < 1.29 is 0 Å². The van der Waals surface area contributed by atoms with Gasteiger partial charge in [-0.05, 0) is 30.7 Å². The maximum absolute atomic E-state index is 5.74. The summed E-state index contributed by atoms with van der Waals surface area (Å²) >= 11 is 1.58. The first-order valence-corrected chi connectivity index (χ1v) is 5.37. The Balaban J connectivity index is 2.22. The zero-order valence-corrected chi connectivity index (χ0v) is 9.16. The molecule has 1 heterocycles. The third kappa shape index (κ3) is 2.47. The summed E-state index contributed by atoms with van der Waals surface area (Å²) in [5.41, 5.74) is 7.65. The first kappa shape index (κ1) is 9.98. The van der Waals surface area contributed by atoms with Gasteiger partial charge in [-0.2, -0.15) is 0 Å². The first-order chi connectivity index (χ1) is 7.25. The van der Waals surface area contributed by atoms with Gasteiger partial charge in [0.05, 0.1) is 6.20 Å². The van der Waals surface area contributed by atoms with Crippen molar-refractivity contribution in [2.45, 2.75) is 16.8 Å². The van der Waals surface area contributed by atoms with Crippen molar-refractivity contribution in [2.24, 2.45) is 0 Å².